The zero-order valence-electron chi connectivity index (χ0n) is 11.9. The van der Waals surface area contributed by atoms with Crippen molar-refractivity contribution in [3.8, 4) is 0 Å². The van der Waals surface area contributed by atoms with Gasteiger partial charge in [0, 0.05) is 42.1 Å². The van der Waals surface area contributed by atoms with Gasteiger partial charge in [0.05, 0.1) is 5.69 Å². The molecule has 0 atom stereocenters. The Morgan fingerprint density at radius 1 is 1.30 bits per heavy atom. The van der Waals surface area contributed by atoms with Crippen molar-refractivity contribution in [1.82, 2.24) is 4.90 Å². The summed E-state index contributed by atoms with van der Waals surface area (Å²) in [7, 11) is 0. The Morgan fingerprint density at radius 3 is 2.50 bits per heavy atom. The maximum Gasteiger partial charge on any atom is 0.222 e. The van der Waals surface area contributed by atoms with Crippen LogP contribution in [-0.4, -0.2) is 37.0 Å². The van der Waals surface area contributed by atoms with Gasteiger partial charge in [0.1, 0.15) is 0 Å². The monoisotopic (exact) mass is 358 g/mol. The summed E-state index contributed by atoms with van der Waals surface area (Å²) in [5.74, 6) is 0.695. The van der Waals surface area contributed by atoms with Gasteiger partial charge in [-0.05, 0) is 40.0 Å². The molecule has 3 nitrogen and oxygen atoms in total. The van der Waals surface area contributed by atoms with Gasteiger partial charge in [-0.1, -0.05) is 25.4 Å². The lowest BCUT2D eigenvalue weighted by Crippen LogP contribution is -2.49. The number of carbonyl (C=O) groups excluding carboxylic acids is 1. The van der Waals surface area contributed by atoms with Gasteiger partial charge in [-0.3, -0.25) is 4.79 Å². The standard InChI is InChI=1S/C15H20BrClN2O/c1-11(2)9-15(20)19-7-5-18(6-8-19)14-4-3-12(17)10-13(14)16/h3-4,10-11H,5-9H2,1-2H3. The highest BCUT2D eigenvalue weighted by Gasteiger charge is 2.22. The summed E-state index contributed by atoms with van der Waals surface area (Å²) < 4.78 is 1.01. The van der Waals surface area contributed by atoms with Crippen LogP contribution in [-0.2, 0) is 4.79 Å². The first-order chi connectivity index (χ1) is 9.47. The molecule has 0 aliphatic carbocycles. The average molecular weight is 360 g/mol. The van der Waals surface area contributed by atoms with Gasteiger partial charge in [0.2, 0.25) is 5.91 Å². The summed E-state index contributed by atoms with van der Waals surface area (Å²) in [6.07, 6.45) is 0.643. The van der Waals surface area contributed by atoms with Crippen molar-refractivity contribution in [2.24, 2.45) is 5.92 Å². The molecule has 0 aromatic heterocycles. The average Bonchev–Trinajstić information content (AvgIpc) is 2.38. The maximum atomic E-state index is 12.0. The molecule has 0 N–H and O–H groups in total. The molecule has 110 valence electrons. The lowest BCUT2D eigenvalue weighted by molar-refractivity contribution is -0.132. The summed E-state index contributed by atoms with van der Waals surface area (Å²) in [6.45, 7) is 7.48. The lowest BCUT2D eigenvalue weighted by atomic mass is 10.1. The topological polar surface area (TPSA) is 23.6 Å². The zero-order chi connectivity index (χ0) is 14.7. The number of amides is 1. The fraction of sp³-hybridized carbons (Fsp3) is 0.533. The minimum Gasteiger partial charge on any atom is -0.367 e. The molecular weight excluding hydrogens is 340 g/mol. The molecule has 0 spiro atoms. The molecule has 0 saturated carbocycles. The molecule has 20 heavy (non-hydrogen) atoms. The van der Waals surface area contributed by atoms with Crippen molar-refractivity contribution in [3.63, 3.8) is 0 Å². The highest BCUT2D eigenvalue weighted by molar-refractivity contribution is 9.10. The maximum absolute atomic E-state index is 12.0. The number of benzene rings is 1. The molecule has 1 heterocycles. The number of nitrogens with zero attached hydrogens (tertiary/aromatic N) is 2. The predicted molar refractivity (Wildman–Crippen MR) is 87.4 cm³/mol. The van der Waals surface area contributed by atoms with Crippen molar-refractivity contribution in [2.45, 2.75) is 20.3 Å². The number of rotatable bonds is 3. The van der Waals surface area contributed by atoms with Gasteiger partial charge in [-0.25, -0.2) is 0 Å². The van der Waals surface area contributed by atoms with E-state index in [1.807, 2.05) is 23.1 Å². The molecule has 1 aliphatic heterocycles. The smallest absolute Gasteiger partial charge is 0.222 e. The van der Waals surface area contributed by atoms with Gasteiger partial charge in [-0.2, -0.15) is 0 Å². The van der Waals surface area contributed by atoms with Crippen LogP contribution >= 0.6 is 27.5 Å². The van der Waals surface area contributed by atoms with E-state index in [0.717, 1.165) is 41.4 Å². The molecule has 0 unspecified atom stereocenters. The summed E-state index contributed by atoms with van der Waals surface area (Å²) in [5.41, 5.74) is 1.14. The van der Waals surface area contributed by atoms with Crippen LogP contribution < -0.4 is 4.90 Å². The minimum atomic E-state index is 0.273. The number of anilines is 1. The Balaban J connectivity index is 1.95. The van der Waals surface area contributed by atoms with E-state index in [2.05, 4.69) is 34.7 Å². The Hall–Kier alpha value is -0.740. The molecule has 1 saturated heterocycles. The van der Waals surface area contributed by atoms with Gasteiger partial charge >= 0.3 is 0 Å². The van der Waals surface area contributed by atoms with Crippen LogP contribution in [0, 0.1) is 5.92 Å². The first-order valence-corrected chi connectivity index (χ1v) is 8.12. The number of hydrogen-bond donors (Lipinski definition) is 0. The number of halogens is 2. The van der Waals surface area contributed by atoms with E-state index in [1.165, 1.54) is 0 Å². The van der Waals surface area contributed by atoms with Gasteiger partial charge in [0.15, 0.2) is 0 Å². The van der Waals surface area contributed by atoms with Crippen molar-refractivity contribution >= 4 is 39.1 Å². The number of carbonyl (C=O) groups is 1. The fourth-order valence-electron chi connectivity index (χ4n) is 2.41. The normalized spacial score (nSPS) is 15.8. The van der Waals surface area contributed by atoms with E-state index in [-0.39, 0.29) is 5.91 Å². The SMILES string of the molecule is CC(C)CC(=O)N1CCN(c2ccc(Cl)cc2Br)CC1. The Labute approximate surface area is 134 Å². The number of hydrogen-bond acceptors (Lipinski definition) is 2. The van der Waals surface area contributed by atoms with Crippen LogP contribution in [0.3, 0.4) is 0 Å². The van der Waals surface area contributed by atoms with Crippen molar-refractivity contribution in [3.05, 3.63) is 27.7 Å². The van der Waals surface area contributed by atoms with E-state index < -0.39 is 0 Å². The molecule has 1 aromatic carbocycles. The van der Waals surface area contributed by atoms with E-state index in [9.17, 15) is 4.79 Å². The van der Waals surface area contributed by atoms with Crippen LogP contribution in [0.15, 0.2) is 22.7 Å². The van der Waals surface area contributed by atoms with Crippen LogP contribution in [0.1, 0.15) is 20.3 Å². The van der Waals surface area contributed by atoms with E-state index in [4.69, 9.17) is 11.6 Å². The summed E-state index contributed by atoms with van der Waals surface area (Å²) >= 11 is 9.52. The highest BCUT2D eigenvalue weighted by atomic mass is 79.9. The van der Waals surface area contributed by atoms with Crippen molar-refractivity contribution < 1.29 is 4.79 Å². The van der Waals surface area contributed by atoms with Crippen LogP contribution in [0.4, 0.5) is 5.69 Å². The first-order valence-electron chi connectivity index (χ1n) is 6.95. The van der Waals surface area contributed by atoms with Crippen LogP contribution in [0.2, 0.25) is 5.02 Å². The third kappa shape index (κ3) is 3.89. The minimum absolute atomic E-state index is 0.273. The Morgan fingerprint density at radius 2 is 1.95 bits per heavy atom. The van der Waals surface area contributed by atoms with Gasteiger partial charge in [0.25, 0.3) is 0 Å². The fourth-order valence-corrected chi connectivity index (χ4v) is 3.35. The zero-order valence-corrected chi connectivity index (χ0v) is 14.2. The van der Waals surface area contributed by atoms with Crippen LogP contribution in [0.25, 0.3) is 0 Å². The molecule has 5 heteroatoms. The molecule has 2 rings (SSSR count). The summed E-state index contributed by atoms with van der Waals surface area (Å²) in [5, 5.41) is 0.728. The largest absolute Gasteiger partial charge is 0.367 e. The molecule has 0 radical (unpaired) electrons. The summed E-state index contributed by atoms with van der Waals surface area (Å²) in [4.78, 5) is 16.3. The molecule has 1 fully saturated rings. The van der Waals surface area contributed by atoms with E-state index in [0.29, 0.717) is 12.3 Å². The van der Waals surface area contributed by atoms with Crippen molar-refractivity contribution in [2.75, 3.05) is 31.1 Å². The molecule has 0 bridgehead atoms. The third-order valence-electron chi connectivity index (χ3n) is 3.47. The molecule has 1 aromatic rings. The summed E-state index contributed by atoms with van der Waals surface area (Å²) in [6, 6.07) is 5.84. The third-order valence-corrected chi connectivity index (χ3v) is 4.34. The first kappa shape index (κ1) is 15.6. The van der Waals surface area contributed by atoms with Crippen LogP contribution in [0.5, 0.6) is 0 Å². The van der Waals surface area contributed by atoms with Gasteiger partial charge in [-0.15, -0.1) is 0 Å². The molecular formula is C15H20BrClN2O. The van der Waals surface area contributed by atoms with E-state index >= 15 is 0 Å². The second-order valence-electron chi connectivity index (χ2n) is 5.56. The Bertz CT molecular complexity index is 485. The Kier molecular flexibility index (Phi) is 5.33. The second kappa shape index (κ2) is 6.81. The van der Waals surface area contributed by atoms with Gasteiger partial charge < -0.3 is 9.80 Å². The quantitative estimate of drug-likeness (QED) is 0.819. The lowest BCUT2D eigenvalue weighted by Gasteiger charge is -2.37. The predicted octanol–water partition coefficient (Wildman–Crippen LogP) is 3.80. The second-order valence-corrected chi connectivity index (χ2v) is 6.85. The highest BCUT2D eigenvalue weighted by Crippen LogP contribution is 2.29. The molecule has 1 amide bonds. The van der Waals surface area contributed by atoms with E-state index in [1.54, 1.807) is 0 Å². The van der Waals surface area contributed by atoms with Crippen molar-refractivity contribution in [1.29, 1.82) is 0 Å². The molecule has 1 aliphatic rings. The number of piperazine rings is 1.